The minimum atomic E-state index is -0.392. The first-order valence-corrected chi connectivity index (χ1v) is 8.06. The first-order valence-electron chi connectivity index (χ1n) is 8.06. The lowest BCUT2D eigenvalue weighted by molar-refractivity contribution is -0.120. The number of rotatable bonds is 6. The van der Waals surface area contributed by atoms with Gasteiger partial charge in [0.15, 0.2) is 0 Å². The Labute approximate surface area is 147 Å². The normalized spacial score (nSPS) is 11.1. The molecule has 5 heteroatoms. The van der Waals surface area contributed by atoms with Crippen LogP contribution >= 0.6 is 0 Å². The SMILES string of the molecule is CC(=O)N/C(=C\c1ccccc1)C(=O)Nc1ccc(OC(C)C)cc1. The minimum absolute atomic E-state index is 0.0839. The summed E-state index contributed by atoms with van der Waals surface area (Å²) in [7, 11) is 0. The first kappa shape index (κ1) is 18.3. The van der Waals surface area contributed by atoms with Crippen LogP contribution in [0.5, 0.6) is 5.75 Å². The number of ether oxygens (including phenoxy) is 1. The highest BCUT2D eigenvalue weighted by Crippen LogP contribution is 2.17. The molecule has 2 aromatic rings. The van der Waals surface area contributed by atoms with Crippen molar-refractivity contribution in [2.24, 2.45) is 0 Å². The maximum Gasteiger partial charge on any atom is 0.272 e. The number of benzene rings is 2. The lowest BCUT2D eigenvalue weighted by Crippen LogP contribution is -2.28. The number of carbonyl (C=O) groups is 2. The van der Waals surface area contributed by atoms with Gasteiger partial charge in [-0.15, -0.1) is 0 Å². The van der Waals surface area contributed by atoms with Crippen molar-refractivity contribution in [3.05, 3.63) is 65.9 Å². The molecule has 0 heterocycles. The van der Waals surface area contributed by atoms with Crippen molar-refractivity contribution >= 4 is 23.6 Å². The van der Waals surface area contributed by atoms with E-state index in [1.54, 1.807) is 30.3 Å². The van der Waals surface area contributed by atoms with Gasteiger partial charge in [-0.2, -0.15) is 0 Å². The molecule has 2 aromatic carbocycles. The van der Waals surface area contributed by atoms with Crippen molar-refractivity contribution in [1.29, 1.82) is 0 Å². The number of anilines is 1. The maximum atomic E-state index is 12.5. The zero-order chi connectivity index (χ0) is 18.2. The van der Waals surface area contributed by atoms with E-state index >= 15 is 0 Å². The average Bonchev–Trinajstić information content (AvgIpc) is 2.56. The highest BCUT2D eigenvalue weighted by molar-refractivity contribution is 6.08. The van der Waals surface area contributed by atoms with Gasteiger partial charge in [0.1, 0.15) is 11.4 Å². The van der Waals surface area contributed by atoms with Crippen LogP contribution in [0.1, 0.15) is 26.3 Å². The fraction of sp³-hybridized carbons (Fsp3) is 0.200. The summed E-state index contributed by atoms with van der Waals surface area (Å²) in [4.78, 5) is 23.9. The summed E-state index contributed by atoms with van der Waals surface area (Å²) in [6.45, 7) is 5.26. The Kier molecular flexibility index (Phi) is 6.34. The average molecular weight is 338 g/mol. The summed E-state index contributed by atoms with van der Waals surface area (Å²) in [5.41, 5.74) is 1.62. The number of carbonyl (C=O) groups excluding carboxylic acids is 2. The summed E-state index contributed by atoms with van der Waals surface area (Å²) in [6.07, 6.45) is 1.72. The van der Waals surface area contributed by atoms with Crippen LogP contribution in [0.25, 0.3) is 6.08 Å². The highest BCUT2D eigenvalue weighted by atomic mass is 16.5. The van der Waals surface area contributed by atoms with E-state index in [4.69, 9.17) is 4.74 Å². The van der Waals surface area contributed by atoms with Crippen LogP contribution < -0.4 is 15.4 Å². The van der Waals surface area contributed by atoms with Crippen molar-refractivity contribution in [3.8, 4) is 5.75 Å². The Morgan fingerprint density at radius 3 is 2.20 bits per heavy atom. The summed E-state index contributed by atoms with van der Waals surface area (Å²) < 4.78 is 5.57. The predicted molar refractivity (Wildman–Crippen MR) is 99.1 cm³/mol. The molecular formula is C20H22N2O3. The van der Waals surface area contributed by atoms with Crippen LogP contribution in [0, 0.1) is 0 Å². The van der Waals surface area contributed by atoms with Gasteiger partial charge in [-0.25, -0.2) is 0 Å². The van der Waals surface area contributed by atoms with Crippen LogP contribution in [-0.2, 0) is 9.59 Å². The highest BCUT2D eigenvalue weighted by Gasteiger charge is 2.12. The summed E-state index contributed by atoms with van der Waals surface area (Å²) in [6, 6.07) is 16.4. The standard InChI is InChI=1S/C20H22N2O3/c1-14(2)25-18-11-9-17(10-12-18)22-20(24)19(21-15(3)23)13-16-7-5-4-6-8-16/h4-14H,1-3H3,(H,21,23)(H,22,24)/b19-13-. The molecule has 0 aliphatic carbocycles. The van der Waals surface area contributed by atoms with Crippen molar-refractivity contribution < 1.29 is 14.3 Å². The second-order valence-electron chi connectivity index (χ2n) is 5.79. The zero-order valence-corrected chi connectivity index (χ0v) is 14.6. The van der Waals surface area contributed by atoms with E-state index in [1.165, 1.54) is 6.92 Å². The number of nitrogens with one attached hydrogen (secondary N) is 2. The Hall–Kier alpha value is -3.08. The zero-order valence-electron chi connectivity index (χ0n) is 14.6. The number of hydrogen-bond donors (Lipinski definition) is 2. The maximum absolute atomic E-state index is 12.5. The molecule has 130 valence electrons. The van der Waals surface area contributed by atoms with Crippen LogP contribution in [0.2, 0.25) is 0 Å². The minimum Gasteiger partial charge on any atom is -0.491 e. The predicted octanol–water partition coefficient (Wildman–Crippen LogP) is 3.59. The second-order valence-corrected chi connectivity index (χ2v) is 5.79. The lowest BCUT2D eigenvalue weighted by Gasteiger charge is -2.12. The molecule has 0 spiro atoms. The third-order valence-electron chi connectivity index (χ3n) is 3.15. The Bertz CT molecular complexity index is 750. The molecule has 0 fully saturated rings. The Morgan fingerprint density at radius 1 is 1.00 bits per heavy atom. The molecule has 2 rings (SSSR count). The lowest BCUT2D eigenvalue weighted by atomic mass is 10.2. The quantitative estimate of drug-likeness (QED) is 0.791. The fourth-order valence-corrected chi connectivity index (χ4v) is 2.15. The molecular weight excluding hydrogens is 316 g/mol. The van der Waals surface area contributed by atoms with E-state index in [9.17, 15) is 9.59 Å². The monoisotopic (exact) mass is 338 g/mol. The van der Waals surface area contributed by atoms with Gasteiger partial charge in [-0.1, -0.05) is 30.3 Å². The van der Waals surface area contributed by atoms with Crippen molar-refractivity contribution in [2.75, 3.05) is 5.32 Å². The molecule has 25 heavy (non-hydrogen) atoms. The van der Waals surface area contributed by atoms with Gasteiger partial charge in [0.05, 0.1) is 6.10 Å². The molecule has 0 radical (unpaired) electrons. The summed E-state index contributed by atoms with van der Waals surface area (Å²) in [5.74, 6) is 0.0319. The van der Waals surface area contributed by atoms with Crippen molar-refractivity contribution in [3.63, 3.8) is 0 Å². The molecule has 0 unspecified atom stereocenters. The number of amides is 2. The molecule has 0 aliphatic rings. The molecule has 5 nitrogen and oxygen atoms in total. The van der Waals surface area contributed by atoms with E-state index in [0.29, 0.717) is 5.69 Å². The fourth-order valence-electron chi connectivity index (χ4n) is 2.15. The Balaban J connectivity index is 2.14. The molecule has 0 saturated carbocycles. The largest absolute Gasteiger partial charge is 0.491 e. The van der Waals surface area contributed by atoms with Gasteiger partial charge < -0.3 is 15.4 Å². The summed E-state index contributed by atoms with van der Waals surface area (Å²) in [5, 5.41) is 5.34. The molecule has 0 bridgehead atoms. The smallest absolute Gasteiger partial charge is 0.272 e. The molecule has 0 aromatic heterocycles. The van der Waals surface area contributed by atoms with E-state index < -0.39 is 5.91 Å². The molecule has 0 aliphatic heterocycles. The van der Waals surface area contributed by atoms with Crippen molar-refractivity contribution in [2.45, 2.75) is 26.9 Å². The third kappa shape index (κ3) is 6.14. The Morgan fingerprint density at radius 2 is 1.64 bits per heavy atom. The van der Waals surface area contributed by atoms with Gasteiger partial charge in [0.2, 0.25) is 5.91 Å². The van der Waals surface area contributed by atoms with Crippen LogP contribution in [0.4, 0.5) is 5.69 Å². The van der Waals surface area contributed by atoms with Gasteiger partial charge in [-0.3, -0.25) is 9.59 Å². The second kappa shape index (κ2) is 8.68. The third-order valence-corrected chi connectivity index (χ3v) is 3.15. The van der Waals surface area contributed by atoms with Crippen LogP contribution in [0.15, 0.2) is 60.3 Å². The van der Waals surface area contributed by atoms with Crippen LogP contribution in [0.3, 0.4) is 0 Å². The van der Waals surface area contributed by atoms with Crippen molar-refractivity contribution in [1.82, 2.24) is 5.32 Å². The van der Waals surface area contributed by atoms with E-state index in [0.717, 1.165) is 11.3 Å². The molecule has 2 amide bonds. The number of hydrogen-bond acceptors (Lipinski definition) is 3. The topological polar surface area (TPSA) is 67.4 Å². The van der Waals surface area contributed by atoms with E-state index in [1.807, 2.05) is 44.2 Å². The van der Waals surface area contributed by atoms with Gasteiger partial charge in [0.25, 0.3) is 5.91 Å². The van der Waals surface area contributed by atoms with Gasteiger partial charge >= 0.3 is 0 Å². The first-order chi connectivity index (χ1) is 11.9. The molecule has 0 saturated heterocycles. The summed E-state index contributed by atoms with van der Waals surface area (Å²) >= 11 is 0. The van der Waals surface area contributed by atoms with E-state index in [-0.39, 0.29) is 17.7 Å². The van der Waals surface area contributed by atoms with Gasteiger partial charge in [-0.05, 0) is 49.8 Å². The van der Waals surface area contributed by atoms with E-state index in [2.05, 4.69) is 10.6 Å². The van der Waals surface area contributed by atoms with Gasteiger partial charge in [0, 0.05) is 12.6 Å². The van der Waals surface area contributed by atoms with Crippen LogP contribution in [-0.4, -0.2) is 17.9 Å². The molecule has 2 N–H and O–H groups in total. The molecule has 0 atom stereocenters.